The Morgan fingerprint density at radius 1 is 1.32 bits per heavy atom. The maximum absolute atomic E-state index is 5.42. The summed E-state index contributed by atoms with van der Waals surface area (Å²) in [7, 11) is 1.68. The second-order valence-electron chi connectivity index (χ2n) is 4.14. The van der Waals surface area contributed by atoms with Gasteiger partial charge in [-0.25, -0.2) is 0 Å². The van der Waals surface area contributed by atoms with Crippen molar-refractivity contribution in [2.45, 2.75) is 13.0 Å². The van der Waals surface area contributed by atoms with E-state index in [9.17, 15) is 0 Å². The van der Waals surface area contributed by atoms with Gasteiger partial charge in [0.2, 0.25) is 0 Å². The molecule has 2 rings (SSSR count). The molecule has 3 nitrogen and oxygen atoms in total. The number of ether oxygens (including phenoxy) is 1. The molecule has 0 spiro atoms. The summed E-state index contributed by atoms with van der Waals surface area (Å²) in [6, 6.07) is 12.3. The summed E-state index contributed by atoms with van der Waals surface area (Å²) in [4.78, 5) is 4.48. The Hall–Kier alpha value is -1.14. The molecule has 0 saturated carbocycles. The van der Waals surface area contributed by atoms with Crippen LogP contribution in [-0.2, 0) is 0 Å². The maximum Gasteiger partial charge on any atom is 0.142 e. The molecule has 0 amide bonds. The predicted octanol–water partition coefficient (Wildman–Crippen LogP) is 3.39. The van der Waals surface area contributed by atoms with Crippen LogP contribution < -0.4 is 10.1 Å². The maximum atomic E-state index is 5.42. The van der Waals surface area contributed by atoms with E-state index in [-0.39, 0.29) is 6.04 Å². The fourth-order valence-corrected chi connectivity index (χ4v) is 2.62. The monoisotopic (exact) mass is 368 g/mol. The molecule has 0 aliphatic heterocycles. The second kappa shape index (κ2) is 6.86. The number of hydrogen-bond donors (Lipinski definition) is 1. The standard InChI is InChI=1S/C15H17IN2O/c1-3-17-14(11-6-4-7-12(16)10-11)15-13(19-2)8-5-9-18-15/h4-10,14,17H,3H2,1-2H3. The summed E-state index contributed by atoms with van der Waals surface area (Å²) in [5.41, 5.74) is 2.12. The van der Waals surface area contributed by atoms with Crippen LogP contribution in [0.15, 0.2) is 42.6 Å². The van der Waals surface area contributed by atoms with Crippen molar-refractivity contribution in [2.24, 2.45) is 0 Å². The highest BCUT2D eigenvalue weighted by Crippen LogP contribution is 2.28. The van der Waals surface area contributed by atoms with Gasteiger partial charge in [0.1, 0.15) is 11.4 Å². The van der Waals surface area contributed by atoms with Crippen LogP contribution in [0.25, 0.3) is 0 Å². The van der Waals surface area contributed by atoms with E-state index < -0.39 is 0 Å². The van der Waals surface area contributed by atoms with Crippen LogP contribution in [0.5, 0.6) is 5.75 Å². The molecule has 1 unspecified atom stereocenters. The lowest BCUT2D eigenvalue weighted by Crippen LogP contribution is -2.23. The van der Waals surface area contributed by atoms with Crippen LogP contribution >= 0.6 is 22.6 Å². The normalized spacial score (nSPS) is 12.2. The third-order valence-electron chi connectivity index (χ3n) is 2.88. The molecule has 19 heavy (non-hydrogen) atoms. The summed E-state index contributed by atoms with van der Waals surface area (Å²) in [6.45, 7) is 2.96. The first-order valence-corrected chi connectivity index (χ1v) is 7.32. The molecule has 0 fully saturated rings. The summed E-state index contributed by atoms with van der Waals surface area (Å²) >= 11 is 2.33. The number of methoxy groups -OCH3 is 1. The van der Waals surface area contributed by atoms with Gasteiger partial charge in [0, 0.05) is 9.77 Å². The molecule has 2 aromatic rings. The first-order valence-electron chi connectivity index (χ1n) is 6.24. The Bertz CT molecular complexity index is 545. The van der Waals surface area contributed by atoms with Gasteiger partial charge in [-0.2, -0.15) is 0 Å². The van der Waals surface area contributed by atoms with Gasteiger partial charge in [-0.15, -0.1) is 0 Å². The van der Waals surface area contributed by atoms with E-state index in [1.807, 2.05) is 12.1 Å². The van der Waals surface area contributed by atoms with E-state index >= 15 is 0 Å². The van der Waals surface area contributed by atoms with Crippen molar-refractivity contribution in [3.8, 4) is 5.75 Å². The fourth-order valence-electron chi connectivity index (χ4n) is 2.05. The van der Waals surface area contributed by atoms with Crippen LogP contribution in [0.1, 0.15) is 24.2 Å². The molecule has 0 radical (unpaired) electrons. The lowest BCUT2D eigenvalue weighted by atomic mass is 10.0. The number of rotatable bonds is 5. The lowest BCUT2D eigenvalue weighted by molar-refractivity contribution is 0.400. The molecule has 0 bridgehead atoms. The molecule has 100 valence electrons. The van der Waals surface area contributed by atoms with Crippen LogP contribution in [0.3, 0.4) is 0 Å². The number of halogens is 1. The topological polar surface area (TPSA) is 34.2 Å². The van der Waals surface area contributed by atoms with Gasteiger partial charge < -0.3 is 10.1 Å². The van der Waals surface area contributed by atoms with E-state index in [1.54, 1.807) is 13.3 Å². The number of nitrogens with one attached hydrogen (secondary N) is 1. The first-order chi connectivity index (χ1) is 9.26. The first kappa shape index (κ1) is 14.3. The summed E-state index contributed by atoms with van der Waals surface area (Å²) in [5.74, 6) is 0.812. The number of hydrogen-bond acceptors (Lipinski definition) is 3. The van der Waals surface area contributed by atoms with Crippen LogP contribution in [0.2, 0.25) is 0 Å². The fraction of sp³-hybridized carbons (Fsp3) is 0.267. The van der Waals surface area contributed by atoms with Gasteiger partial charge in [-0.05, 0) is 59.0 Å². The molecular weight excluding hydrogens is 351 g/mol. The molecule has 1 atom stereocenters. The Balaban J connectivity index is 2.45. The smallest absolute Gasteiger partial charge is 0.142 e. The SMILES string of the molecule is CCNC(c1cccc(I)c1)c1ncccc1OC. The van der Waals surface area contributed by atoms with E-state index in [1.165, 1.54) is 9.13 Å². The van der Waals surface area contributed by atoms with E-state index in [0.717, 1.165) is 18.0 Å². The van der Waals surface area contributed by atoms with Gasteiger partial charge in [0.25, 0.3) is 0 Å². The molecule has 0 aliphatic rings. The van der Waals surface area contributed by atoms with Crippen molar-refractivity contribution in [2.75, 3.05) is 13.7 Å². The number of aromatic nitrogens is 1. The molecule has 4 heteroatoms. The minimum Gasteiger partial charge on any atom is -0.495 e. The number of nitrogens with zero attached hydrogens (tertiary/aromatic N) is 1. The molecule has 0 saturated heterocycles. The molecule has 1 aromatic carbocycles. The second-order valence-corrected chi connectivity index (χ2v) is 5.38. The van der Waals surface area contributed by atoms with Crippen LogP contribution in [0, 0.1) is 3.57 Å². The Morgan fingerprint density at radius 2 is 2.16 bits per heavy atom. The molecule has 1 heterocycles. The average Bonchev–Trinajstić information content (AvgIpc) is 2.45. The Kier molecular flexibility index (Phi) is 5.15. The zero-order chi connectivity index (χ0) is 13.7. The lowest BCUT2D eigenvalue weighted by Gasteiger charge is -2.20. The zero-order valence-electron chi connectivity index (χ0n) is 11.1. The van der Waals surface area contributed by atoms with Crippen LogP contribution in [-0.4, -0.2) is 18.6 Å². The van der Waals surface area contributed by atoms with Crippen molar-refractivity contribution < 1.29 is 4.74 Å². The number of benzene rings is 1. The van der Waals surface area contributed by atoms with Crippen molar-refractivity contribution in [1.82, 2.24) is 10.3 Å². The summed E-state index contributed by atoms with van der Waals surface area (Å²) in [5, 5.41) is 3.47. The van der Waals surface area contributed by atoms with E-state index in [0.29, 0.717) is 0 Å². The molecule has 1 N–H and O–H groups in total. The highest BCUT2D eigenvalue weighted by atomic mass is 127. The van der Waals surface area contributed by atoms with Gasteiger partial charge in [0.05, 0.1) is 13.2 Å². The Labute approximate surface area is 127 Å². The third kappa shape index (κ3) is 3.45. The largest absolute Gasteiger partial charge is 0.495 e. The van der Waals surface area contributed by atoms with Gasteiger partial charge in [-0.3, -0.25) is 4.98 Å². The van der Waals surface area contributed by atoms with E-state index in [4.69, 9.17) is 4.74 Å². The van der Waals surface area contributed by atoms with Gasteiger partial charge >= 0.3 is 0 Å². The van der Waals surface area contributed by atoms with Crippen molar-refractivity contribution in [3.05, 3.63) is 57.4 Å². The van der Waals surface area contributed by atoms with Gasteiger partial charge in [0.15, 0.2) is 0 Å². The summed E-state index contributed by atoms with van der Waals surface area (Å²) in [6.07, 6.45) is 1.80. The third-order valence-corrected chi connectivity index (χ3v) is 3.55. The molecular formula is C15H17IN2O. The van der Waals surface area contributed by atoms with Crippen molar-refractivity contribution in [3.63, 3.8) is 0 Å². The Morgan fingerprint density at radius 3 is 2.84 bits per heavy atom. The minimum atomic E-state index is 0.0517. The average molecular weight is 368 g/mol. The summed E-state index contributed by atoms with van der Waals surface area (Å²) < 4.78 is 6.64. The highest BCUT2D eigenvalue weighted by molar-refractivity contribution is 14.1. The quantitative estimate of drug-likeness (QED) is 0.822. The molecule has 0 aliphatic carbocycles. The highest BCUT2D eigenvalue weighted by Gasteiger charge is 2.18. The minimum absolute atomic E-state index is 0.0517. The zero-order valence-corrected chi connectivity index (χ0v) is 13.2. The predicted molar refractivity (Wildman–Crippen MR) is 85.5 cm³/mol. The van der Waals surface area contributed by atoms with E-state index in [2.05, 4.69) is 64.1 Å². The van der Waals surface area contributed by atoms with Crippen molar-refractivity contribution >= 4 is 22.6 Å². The number of pyridine rings is 1. The van der Waals surface area contributed by atoms with Crippen LogP contribution in [0.4, 0.5) is 0 Å². The van der Waals surface area contributed by atoms with Crippen molar-refractivity contribution in [1.29, 1.82) is 0 Å². The molecule has 1 aromatic heterocycles. The van der Waals surface area contributed by atoms with Gasteiger partial charge in [-0.1, -0.05) is 19.1 Å².